The van der Waals surface area contributed by atoms with Crippen molar-refractivity contribution in [3.8, 4) is 5.75 Å². The van der Waals surface area contributed by atoms with Gasteiger partial charge in [-0.25, -0.2) is 4.79 Å². The largest absolute Gasteiger partial charge is 0.479 e. The Balaban J connectivity index is 2.28. The molecule has 0 aliphatic carbocycles. The average molecular weight is 278 g/mol. The van der Waals surface area contributed by atoms with Crippen molar-refractivity contribution in [2.75, 3.05) is 0 Å². The highest BCUT2D eigenvalue weighted by Crippen LogP contribution is 2.28. The van der Waals surface area contributed by atoms with Gasteiger partial charge in [0, 0.05) is 19.2 Å². The van der Waals surface area contributed by atoms with Gasteiger partial charge in [0.2, 0.25) is 0 Å². The minimum Gasteiger partial charge on any atom is -0.479 e. The molecule has 0 amide bonds. The van der Waals surface area contributed by atoms with E-state index in [0.717, 1.165) is 18.2 Å². The molecule has 104 valence electrons. The quantitative estimate of drug-likeness (QED) is 0.639. The molecule has 1 aromatic heterocycles. The molecule has 9 nitrogen and oxygen atoms in total. The topological polar surface area (TPSA) is 120 Å². The number of aromatic carboxylic acids is 1. The predicted molar refractivity (Wildman–Crippen MR) is 65.4 cm³/mol. The van der Waals surface area contributed by atoms with Crippen LogP contribution in [0.4, 0.5) is 5.69 Å². The molecule has 1 heterocycles. The van der Waals surface area contributed by atoms with Gasteiger partial charge in [-0.2, -0.15) is 0 Å². The zero-order valence-electron chi connectivity index (χ0n) is 10.4. The van der Waals surface area contributed by atoms with Crippen LogP contribution in [0.5, 0.6) is 5.75 Å². The molecule has 0 bridgehead atoms. The summed E-state index contributed by atoms with van der Waals surface area (Å²) in [4.78, 5) is 21.1. The Hall–Kier alpha value is -2.97. The van der Waals surface area contributed by atoms with E-state index < -0.39 is 10.9 Å². The van der Waals surface area contributed by atoms with Gasteiger partial charge in [0.15, 0.2) is 11.6 Å². The molecule has 2 rings (SSSR count). The van der Waals surface area contributed by atoms with Crippen molar-refractivity contribution in [2.45, 2.75) is 6.61 Å². The van der Waals surface area contributed by atoms with Gasteiger partial charge in [0.05, 0.1) is 10.5 Å². The molecular formula is C11H10N4O5. The van der Waals surface area contributed by atoms with E-state index in [4.69, 9.17) is 9.84 Å². The predicted octanol–water partition coefficient (Wildman–Crippen LogP) is 1.00. The fourth-order valence-electron chi connectivity index (χ4n) is 1.49. The van der Waals surface area contributed by atoms with Crippen molar-refractivity contribution >= 4 is 11.7 Å². The van der Waals surface area contributed by atoms with Gasteiger partial charge in [0.1, 0.15) is 12.9 Å². The van der Waals surface area contributed by atoms with Crippen molar-refractivity contribution in [2.24, 2.45) is 7.05 Å². The molecule has 0 aliphatic heterocycles. The maximum absolute atomic E-state index is 10.9. The summed E-state index contributed by atoms with van der Waals surface area (Å²) in [7, 11) is 1.70. The molecular weight excluding hydrogens is 268 g/mol. The first-order valence-electron chi connectivity index (χ1n) is 5.46. The standard InChI is InChI=1S/C11H10N4O5/c1-14-6-12-13-10(14)5-20-9-4-7(11(16)17)2-3-8(9)15(18)19/h2-4,6H,5H2,1H3,(H,16,17). The number of carboxylic acid groups (broad SMARTS) is 1. The van der Waals surface area contributed by atoms with Crippen LogP contribution in [-0.4, -0.2) is 30.8 Å². The molecule has 0 spiro atoms. The van der Waals surface area contributed by atoms with E-state index in [1.807, 2.05) is 0 Å². The molecule has 1 N–H and O–H groups in total. The van der Waals surface area contributed by atoms with E-state index in [-0.39, 0.29) is 23.6 Å². The molecule has 0 fully saturated rings. The number of carboxylic acids is 1. The zero-order chi connectivity index (χ0) is 14.7. The van der Waals surface area contributed by atoms with Gasteiger partial charge in [-0.1, -0.05) is 0 Å². The number of aromatic nitrogens is 3. The Kier molecular flexibility index (Phi) is 3.60. The Morgan fingerprint density at radius 1 is 1.55 bits per heavy atom. The summed E-state index contributed by atoms with van der Waals surface area (Å²) >= 11 is 0. The highest BCUT2D eigenvalue weighted by Gasteiger charge is 2.18. The molecule has 0 saturated carbocycles. The molecule has 9 heteroatoms. The Bertz CT molecular complexity index is 667. The summed E-state index contributed by atoms with van der Waals surface area (Å²) in [6, 6.07) is 3.35. The van der Waals surface area contributed by atoms with Gasteiger partial charge in [-0.3, -0.25) is 10.1 Å². The van der Waals surface area contributed by atoms with Crippen LogP contribution < -0.4 is 4.74 Å². The van der Waals surface area contributed by atoms with E-state index in [2.05, 4.69) is 10.2 Å². The monoisotopic (exact) mass is 278 g/mol. The molecule has 2 aromatic rings. The molecule has 0 saturated heterocycles. The lowest BCUT2D eigenvalue weighted by molar-refractivity contribution is -0.386. The fourth-order valence-corrected chi connectivity index (χ4v) is 1.49. The van der Waals surface area contributed by atoms with Crippen molar-refractivity contribution < 1.29 is 19.6 Å². The maximum atomic E-state index is 10.9. The second-order valence-corrected chi connectivity index (χ2v) is 3.89. The van der Waals surface area contributed by atoms with Gasteiger partial charge < -0.3 is 14.4 Å². The molecule has 0 aliphatic rings. The fraction of sp³-hybridized carbons (Fsp3) is 0.182. The summed E-state index contributed by atoms with van der Waals surface area (Å²) in [5, 5.41) is 27.2. The number of ether oxygens (including phenoxy) is 1. The molecule has 20 heavy (non-hydrogen) atoms. The smallest absolute Gasteiger partial charge is 0.335 e. The molecule has 0 radical (unpaired) electrons. The number of aryl methyl sites for hydroxylation is 1. The number of hydrogen-bond acceptors (Lipinski definition) is 6. The van der Waals surface area contributed by atoms with Crippen molar-refractivity contribution in [3.63, 3.8) is 0 Å². The third-order valence-corrected chi connectivity index (χ3v) is 2.57. The van der Waals surface area contributed by atoms with Gasteiger partial charge in [-0.05, 0) is 6.07 Å². The van der Waals surface area contributed by atoms with Crippen LogP contribution in [0.2, 0.25) is 0 Å². The number of nitro benzene ring substituents is 1. The van der Waals surface area contributed by atoms with Crippen molar-refractivity contribution in [3.05, 3.63) is 46.0 Å². The highest BCUT2D eigenvalue weighted by molar-refractivity contribution is 5.88. The summed E-state index contributed by atoms with van der Waals surface area (Å²) < 4.78 is 6.88. The molecule has 1 aromatic carbocycles. The summed E-state index contributed by atoms with van der Waals surface area (Å²) in [5.41, 5.74) is -0.402. The summed E-state index contributed by atoms with van der Waals surface area (Å²) in [6.07, 6.45) is 1.46. The van der Waals surface area contributed by atoms with Crippen LogP contribution in [0.3, 0.4) is 0 Å². The van der Waals surface area contributed by atoms with Crippen LogP contribution in [0, 0.1) is 10.1 Å². The molecule has 0 atom stereocenters. The van der Waals surface area contributed by atoms with E-state index in [1.165, 1.54) is 6.33 Å². The first kappa shape index (κ1) is 13.5. The van der Waals surface area contributed by atoms with Gasteiger partial charge in [0.25, 0.3) is 0 Å². The first-order chi connectivity index (χ1) is 9.49. The number of benzene rings is 1. The lowest BCUT2D eigenvalue weighted by Gasteiger charge is -2.07. The second kappa shape index (κ2) is 5.34. The van der Waals surface area contributed by atoms with E-state index in [0.29, 0.717) is 5.82 Å². The van der Waals surface area contributed by atoms with Gasteiger partial charge in [-0.15, -0.1) is 10.2 Å². The van der Waals surface area contributed by atoms with Gasteiger partial charge >= 0.3 is 11.7 Å². The van der Waals surface area contributed by atoms with E-state index in [1.54, 1.807) is 11.6 Å². The summed E-state index contributed by atoms with van der Waals surface area (Å²) in [6.45, 7) is -0.0551. The minimum absolute atomic E-state index is 0.0551. The van der Waals surface area contributed by atoms with Crippen LogP contribution in [0.1, 0.15) is 16.2 Å². The maximum Gasteiger partial charge on any atom is 0.335 e. The molecule has 0 unspecified atom stereocenters. The Labute approximate surface area is 112 Å². The Morgan fingerprint density at radius 3 is 2.85 bits per heavy atom. The Morgan fingerprint density at radius 2 is 2.30 bits per heavy atom. The van der Waals surface area contributed by atoms with Crippen molar-refractivity contribution in [1.82, 2.24) is 14.8 Å². The zero-order valence-corrected chi connectivity index (χ0v) is 10.4. The second-order valence-electron chi connectivity index (χ2n) is 3.89. The number of hydrogen-bond donors (Lipinski definition) is 1. The third-order valence-electron chi connectivity index (χ3n) is 2.57. The average Bonchev–Trinajstić information content (AvgIpc) is 2.81. The van der Waals surface area contributed by atoms with Crippen LogP contribution in [0.15, 0.2) is 24.5 Å². The van der Waals surface area contributed by atoms with Crippen LogP contribution in [-0.2, 0) is 13.7 Å². The summed E-state index contributed by atoms with van der Waals surface area (Å²) in [5.74, 6) is -0.860. The lowest BCUT2D eigenvalue weighted by atomic mass is 10.2. The highest BCUT2D eigenvalue weighted by atomic mass is 16.6. The first-order valence-corrected chi connectivity index (χ1v) is 5.46. The van der Waals surface area contributed by atoms with Crippen LogP contribution in [0.25, 0.3) is 0 Å². The van der Waals surface area contributed by atoms with E-state index in [9.17, 15) is 14.9 Å². The lowest BCUT2D eigenvalue weighted by Crippen LogP contribution is -2.06. The van der Waals surface area contributed by atoms with Crippen LogP contribution >= 0.6 is 0 Å². The van der Waals surface area contributed by atoms with E-state index >= 15 is 0 Å². The minimum atomic E-state index is -1.19. The third kappa shape index (κ3) is 2.71. The number of nitro groups is 1. The SMILES string of the molecule is Cn1cnnc1COc1cc(C(=O)O)ccc1[N+](=O)[O-]. The normalized spacial score (nSPS) is 10.2. The number of carbonyl (C=O) groups is 1. The number of nitrogens with zero attached hydrogens (tertiary/aromatic N) is 4. The van der Waals surface area contributed by atoms with Crippen molar-refractivity contribution in [1.29, 1.82) is 0 Å². The number of rotatable bonds is 5.